The number of hydrogen-bond donors (Lipinski definition) is 0. The van der Waals surface area contributed by atoms with Crippen molar-refractivity contribution >= 4 is 5.97 Å². The van der Waals surface area contributed by atoms with Crippen LogP contribution in [0, 0.1) is 5.92 Å². The maximum Gasteiger partial charge on any atom is 0.334 e. The number of ether oxygens (including phenoxy) is 1. The Hall–Kier alpha value is -0.790. The minimum Gasteiger partial charge on any atom is -0.455 e. The summed E-state index contributed by atoms with van der Waals surface area (Å²) in [5.74, 6) is 0.659. The van der Waals surface area contributed by atoms with Gasteiger partial charge in [-0.2, -0.15) is 0 Å². The highest BCUT2D eigenvalue weighted by atomic mass is 16.5. The number of esters is 1. The molecule has 1 heterocycles. The summed E-state index contributed by atoms with van der Waals surface area (Å²) >= 11 is 0. The third-order valence-electron chi connectivity index (χ3n) is 2.83. The van der Waals surface area contributed by atoms with E-state index in [9.17, 15) is 4.79 Å². The summed E-state index contributed by atoms with van der Waals surface area (Å²) in [5, 5.41) is 0. The van der Waals surface area contributed by atoms with Gasteiger partial charge in [0.05, 0.1) is 0 Å². The maximum absolute atomic E-state index is 11.2. The van der Waals surface area contributed by atoms with Gasteiger partial charge >= 0.3 is 5.97 Å². The lowest BCUT2D eigenvalue weighted by Gasteiger charge is -2.06. The minimum absolute atomic E-state index is 0.0129. The monoisotopic (exact) mass is 196 g/mol. The first-order valence-corrected chi connectivity index (χ1v) is 5.55. The fourth-order valence-corrected chi connectivity index (χ4v) is 1.66. The predicted molar refractivity (Wildman–Crippen MR) is 56.9 cm³/mol. The highest BCUT2D eigenvalue weighted by molar-refractivity contribution is 5.90. The summed E-state index contributed by atoms with van der Waals surface area (Å²) in [6, 6.07) is 0. The molecule has 0 radical (unpaired) electrons. The zero-order valence-corrected chi connectivity index (χ0v) is 9.38. The van der Waals surface area contributed by atoms with Crippen LogP contribution in [-0.2, 0) is 9.53 Å². The second-order valence-corrected chi connectivity index (χ2v) is 4.21. The van der Waals surface area contributed by atoms with Crippen molar-refractivity contribution < 1.29 is 9.53 Å². The molecule has 1 rings (SSSR count). The molecule has 2 heteroatoms. The summed E-state index contributed by atoms with van der Waals surface area (Å²) in [7, 11) is 0. The normalized spacial score (nSPS) is 23.2. The van der Waals surface area contributed by atoms with Crippen LogP contribution in [0.5, 0.6) is 0 Å². The van der Waals surface area contributed by atoms with E-state index >= 15 is 0 Å². The topological polar surface area (TPSA) is 26.3 Å². The Labute approximate surface area is 86.3 Å². The molecule has 0 saturated carbocycles. The largest absolute Gasteiger partial charge is 0.455 e. The summed E-state index contributed by atoms with van der Waals surface area (Å²) in [5.41, 5.74) is 0.876. The zero-order chi connectivity index (χ0) is 10.6. The zero-order valence-electron chi connectivity index (χ0n) is 9.38. The highest BCUT2D eigenvalue weighted by Gasteiger charge is 2.21. The molecule has 0 aromatic rings. The third kappa shape index (κ3) is 3.17. The van der Waals surface area contributed by atoms with Crippen molar-refractivity contribution in [2.24, 2.45) is 5.92 Å². The molecule has 1 aliphatic heterocycles. The van der Waals surface area contributed by atoms with Crippen molar-refractivity contribution in [2.45, 2.75) is 52.6 Å². The molecule has 80 valence electrons. The van der Waals surface area contributed by atoms with Crippen LogP contribution in [0.15, 0.2) is 11.6 Å². The van der Waals surface area contributed by atoms with E-state index in [-0.39, 0.29) is 12.1 Å². The lowest BCUT2D eigenvalue weighted by molar-refractivity contribution is -0.139. The number of cyclic esters (lactones) is 1. The number of rotatable bonds is 5. The second kappa shape index (κ2) is 5.18. The van der Waals surface area contributed by atoms with Gasteiger partial charge in [0.2, 0.25) is 0 Å². The van der Waals surface area contributed by atoms with E-state index in [1.807, 2.05) is 13.0 Å². The molecule has 0 amide bonds. The van der Waals surface area contributed by atoms with Crippen LogP contribution in [0.3, 0.4) is 0 Å². The van der Waals surface area contributed by atoms with Crippen LogP contribution in [0.2, 0.25) is 0 Å². The molecule has 1 aliphatic rings. The Morgan fingerprint density at radius 2 is 2.29 bits per heavy atom. The molecular formula is C12H20O2. The SMILES string of the molecule is CCC(C)CCCC1=CC(C)OC1=O. The molecule has 14 heavy (non-hydrogen) atoms. The van der Waals surface area contributed by atoms with E-state index < -0.39 is 0 Å². The first kappa shape index (κ1) is 11.3. The lowest BCUT2D eigenvalue weighted by atomic mass is 9.99. The second-order valence-electron chi connectivity index (χ2n) is 4.21. The van der Waals surface area contributed by atoms with E-state index in [1.165, 1.54) is 12.8 Å². The number of carbonyl (C=O) groups is 1. The van der Waals surface area contributed by atoms with Gasteiger partial charge in [-0.05, 0) is 31.8 Å². The van der Waals surface area contributed by atoms with Crippen LogP contribution in [0.4, 0.5) is 0 Å². The Balaban J connectivity index is 2.25. The fraction of sp³-hybridized carbons (Fsp3) is 0.750. The summed E-state index contributed by atoms with van der Waals surface area (Å²) in [4.78, 5) is 11.2. The molecule has 0 N–H and O–H groups in total. The van der Waals surface area contributed by atoms with Gasteiger partial charge in [-0.3, -0.25) is 0 Å². The third-order valence-corrected chi connectivity index (χ3v) is 2.83. The summed E-state index contributed by atoms with van der Waals surface area (Å²) in [6.07, 6.45) is 6.34. The Kier molecular flexibility index (Phi) is 4.18. The molecule has 0 spiro atoms. The Bertz CT molecular complexity index is 230. The highest BCUT2D eigenvalue weighted by Crippen LogP contribution is 2.20. The molecular weight excluding hydrogens is 176 g/mol. The quantitative estimate of drug-likeness (QED) is 0.632. The van der Waals surface area contributed by atoms with Gasteiger partial charge < -0.3 is 4.74 Å². The van der Waals surface area contributed by atoms with Crippen molar-refractivity contribution in [2.75, 3.05) is 0 Å². The van der Waals surface area contributed by atoms with Gasteiger partial charge in [-0.1, -0.05) is 26.7 Å². The standard InChI is InChI=1S/C12H20O2/c1-4-9(2)6-5-7-11-8-10(3)14-12(11)13/h8-10H,4-7H2,1-3H3. The molecule has 2 atom stereocenters. The molecule has 0 aromatic carbocycles. The van der Waals surface area contributed by atoms with Crippen LogP contribution >= 0.6 is 0 Å². The molecule has 0 fully saturated rings. The van der Waals surface area contributed by atoms with Gasteiger partial charge in [-0.15, -0.1) is 0 Å². The first-order chi connectivity index (χ1) is 6.63. The van der Waals surface area contributed by atoms with E-state index in [0.29, 0.717) is 0 Å². The van der Waals surface area contributed by atoms with E-state index in [4.69, 9.17) is 4.74 Å². The van der Waals surface area contributed by atoms with Crippen molar-refractivity contribution in [3.63, 3.8) is 0 Å². The van der Waals surface area contributed by atoms with E-state index in [0.717, 1.165) is 24.3 Å². The molecule has 2 nitrogen and oxygen atoms in total. The maximum atomic E-state index is 11.2. The van der Waals surface area contributed by atoms with Gasteiger partial charge in [0, 0.05) is 5.57 Å². The van der Waals surface area contributed by atoms with Gasteiger partial charge in [-0.25, -0.2) is 4.79 Å². The predicted octanol–water partition coefficient (Wildman–Crippen LogP) is 3.07. The van der Waals surface area contributed by atoms with Crippen LogP contribution in [0.1, 0.15) is 46.5 Å². The van der Waals surface area contributed by atoms with E-state index in [1.54, 1.807) is 0 Å². The average Bonchev–Trinajstić information content (AvgIpc) is 2.45. The van der Waals surface area contributed by atoms with Crippen LogP contribution in [-0.4, -0.2) is 12.1 Å². The van der Waals surface area contributed by atoms with Crippen molar-refractivity contribution in [1.82, 2.24) is 0 Å². The Morgan fingerprint density at radius 1 is 1.57 bits per heavy atom. The molecule has 0 saturated heterocycles. The smallest absolute Gasteiger partial charge is 0.334 e. The molecule has 0 aliphatic carbocycles. The fourth-order valence-electron chi connectivity index (χ4n) is 1.66. The first-order valence-electron chi connectivity index (χ1n) is 5.55. The van der Waals surface area contributed by atoms with Crippen LogP contribution in [0.25, 0.3) is 0 Å². The Morgan fingerprint density at radius 3 is 2.79 bits per heavy atom. The number of hydrogen-bond acceptors (Lipinski definition) is 2. The van der Waals surface area contributed by atoms with E-state index in [2.05, 4.69) is 13.8 Å². The van der Waals surface area contributed by atoms with Crippen molar-refractivity contribution in [3.8, 4) is 0 Å². The van der Waals surface area contributed by atoms with Gasteiger partial charge in [0.25, 0.3) is 0 Å². The van der Waals surface area contributed by atoms with Gasteiger partial charge in [0.15, 0.2) is 0 Å². The molecule has 2 unspecified atom stereocenters. The minimum atomic E-state index is -0.110. The molecule has 0 aromatic heterocycles. The summed E-state index contributed by atoms with van der Waals surface area (Å²) < 4.78 is 5.03. The average molecular weight is 196 g/mol. The van der Waals surface area contributed by atoms with Gasteiger partial charge in [0.1, 0.15) is 6.10 Å². The van der Waals surface area contributed by atoms with Crippen LogP contribution < -0.4 is 0 Å². The van der Waals surface area contributed by atoms with Crippen molar-refractivity contribution in [1.29, 1.82) is 0 Å². The molecule has 0 bridgehead atoms. The summed E-state index contributed by atoms with van der Waals surface area (Å²) in [6.45, 7) is 6.36. The lowest BCUT2D eigenvalue weighted by Crippen LogP contribution is -2.04. The number of carbonyl (C=O) groups excluding carboxylic acids is 1. The van der Waals surface area contributed by atoms with Crippen molar-refractivity contribution in [3.05, 3.63) is 11.6 Å².